The summed E-state index contributed by atoms with van der Waals surface area (Å²) < 4.78 is 103. The molecular weight excluding hydrogens is 450 g/mol. The molecule has 0 unspecified atom stereocenters. The number of halogens is 6. The lowest BCUT2D eigenvalue weighted by Gasteiger charge is -2.29. The second kappa shape index (κ2) is 8.15. The molecule has 31 heavy (non-hydrogen) atoms. The van der Waals surface area contributed by atoms with Gasteiger partial charge in [0, 0.05) is 19.6 Å². The van der Waals surface area contributed by atoms with Crippen LogP contribution in [0.25, 0.3) is 0 Å². The molecule has 0 spiro atoms. The Morgan fingerprint density at radius 3 is 2.19 bits per heavy atom. The van der Waals surface area contributed by atoms with Crippen LogP contribution in [0.15, 0.2) is 47.4 Å². The summed E-state index contributed by atoms with van der Waals surface area (Å²) in [4.78, 5) is 11.8. The van der Waals surface area contributed by atoms with Gasteiger partial charge >= 0.3 is 18.3 Å². The standard InChI is InChI=1S/C19H16F6N2O3S/c20-18(21,22)15-4-1-12(2-5-15)10-26-31(29,30)16-6-3-13-7-8-27(11-14(13)9-16)17(28)19(23,24)25/h1-6,9,26H,7-8,10-11H2. The highest BCUT2D eigenvalue weighted by Gasteiger charge is 2.43. The maximum absolute atomic E-state index is 12.7. The van der Waals surface area contributed by atoms with Gasteiger partial charge in [-0.2, -0.15) is 26.3 Å². The molecule has 12 heteroatoms. The van der Waals surface area contributed by atoms with Crippen LogP contribution >= 0.6 is 0 Å². The molecule has 0 aromatic heterocycles. The third kappa shape index (κ3) is 5.37. The number of amides is 1. The van der Waals surface area contributed by atoms with E-state index in [2.05, 4.69) is 4.72 Å². The number of alkyl halides is 6. The van der Waals surface area contributed by atoms with Gasteiger partial charge in [-0.05, 0) is 47.4 Å². The van der Waals surface area contributed by atoms with Crippen LogP contribution in [0.2, 0.25) is 0 Å². The fourth-order valence-corrected chi connectivity index (χ4v) is 4.19. The molecular formula is C19H16F6N2O3S. The van der Waals surface area contributed by atoms with Crippen molar-refractivity contribution in [3.8, 4) is 0 Å². The van der Waals surface area contributed by atoms with E-state index in [9.17, 15) is 39.6 Å². The van der Waals surface area contributed by atoms with Crippen molar-refractivity contribution in [1.82, 2.24) is 9.62 Å². The molecule has 0 bridgehead atoms. The zero-order valence-electron chi connectivity index (χ0n) is 15.7. The van der Waals surface area contributed by atoms with Crippen LogP contribution in [0.1, 0.15) is 22.3 Å². The zero-order chi connectivity index (χ0) is 23.0. The van der Waals surface area contributed by atoms with E-state index >= 15 is 0 Å². The average molecular weight is 466 g/mol. The van der Waals surface area contributed by atoms with E-state index in [0.717, 1.165) is 24.3 Å². The number of benzene rings is 2. The Morgan fingerprint density at radius 1 is 0.968 bits per heavy atom. The maximum Gasteiger partial charge on any atom is 0.471 e. The number of carbonyl (C=O) groups is 1. The van der Waals surface area contributed by atoms with Crippen LogP contribution in [0, 0.1) is 0 Å². The molecule has 0 fully saturated rings. The summed E-state index contributed by atoms with van der Waals surface area (Å²) >= 11 is 0. The molecule has 0 saturated heterocycles. The summed E-state index contributed by atoms with van der Waals surface area (Å²) in [6, 6.07) is 7.88. The molecule has 0 radical (unpaired) electrons. The Morgan fingerprint density at radius 2 is 1.61 bits per heavy atom. The smallest absolute Gasteiger partial charge is 0.330 e. The quantitative estimate of drug-likeness (QED) is 0.700. The minimum absolute atomic E-state index is 0.135. The molecule has 2 aromatic carbocycles. The summed E-state index contributed by atoms with van der Waals surface area (Å²) in [6.45, 7) is -0.796. The number of carbonyl (C=O) groups excluding carboxylic acids is 1. The number of hydrogen-bond acceptors (Lipinski definition) is 3. The lowest BCUT2D eigenvalue weighted by molar-refractivity contribution is -0.186. The Kier molecular flexibility index (Phi) is 6.07. The van der Waals surface area contributed by atoms with Gasteiger partial charge < -0.3 is 4.90 Å². The number of nitrogens with one attached hydrogen (secondary N) is 1. The van der Waals surface area contributed by atoms with Crippen molar-refractivity contribution in [1.29, 1.82) is 0 Å². The van der Waals surface area contributed by atoms with Gasteiger partial charge in [-0.25, -0.2) is 13.1 Å². The lowest BCUT2D eigenvalue weighted by atomic mass is 10.00. The predicted octanol–water partition coefficient (Wildman–Crippen LogP) is 3.63. The van der Waals surface area contributed by atoms with Crippen molar-refractivity contribution >= 4 is 15.9 Å². The van der Waals surface area contributed by atoms with Crippen molar-refractivity contribution < 1.29 is 39.6 Å². The van der Waals surface area contributed by atoms with Crippen LogP contribution in [-0.4, -0.2) is 31.9 Å². The van der Waals surface area contributed by atoms with Gasteiger partial charge in [0.05, 0.1) is 10.5 Å². The van der Waals surface area contributed by atoms with Crippen LogP contribution in [0.3, 0.4) is 0 Å². The van der Waals surface area contributed by atoms with E-state index in [1.54, 1.807) is 0 Å². The molecule has 0 atom stereocenters. The number of sulfonamides is 1. The molecule has 5 nitrogen and oxygen atoms in total. The fraction of sp³-hybridized carbons (Fsp3) is 0.316. The van der Waals surface area contributed by atoms with Crippen LogP contribution in [-0.2, 0) is 40.5 Å². The lowest BCUT2D eigenvalue weighted by Crippen LogP contribution is -2.43. The minimum Gasteiger partial charge on any atom is -0.330 e. The largest absolute Gasteiger partial charge is 0.471 e. The normalized spacial score (nSPS) is 15.0. The van der Waals surface area contributed by atoms with Gasteiger partial charge in [0.15, 0.2) is 0 Å². The molecule has 0 aliphatic carbocycles. The highest BCUT2D eigenvalue weighted by atomic mass is 32.2. The van der Waals surface area contributed by atoms with Gasteiger partial charge in [-0.15, -0.1) is 0 Å². The van der Waals surface area contributed by atoms with Crippen molar-refractivity contribution in [3.05, 3.63) is 64.7 Å². The van der Waals surface area contributed by atoms with E-state index < -0.39 is 33.8 Å². The van der Waals surface area contributed by atoms with Gasteiger partial charge in [-0.3, -0.25) is 4.79 Å². The van der Waals surface area contributed by atoms with Crippen LogP contribution < -0.4 is 4.72 Å². The number of rotatable bonds is 4. The first-order chi connectivity index (χ1) is 14.3. The number of hydrogen-bond donors (Lipinski definition) is 1. The van der Waals surface area contributed by atoms with Gasteiger partial charge in [0.25, 0.3) is 0 Å². The van der Waals surface area contributed by atoms with Crippen LogP contribution in [0.4, 0.5) is 26.3 Å². The SMILES string of the molecule is O=C(N1CCc2ccc(S(=O)(=O)NCc3ccc(C(F)(F)F)cc3)cc2C1)C(F)(F)F. The summed E-state index contributed by atoms with van der Waals surface area (Å²) in [5.74, 6) is -1.99. The molecule has 1 N–H and O–H groups in total. The Hall–Kier alpha value is -2.60. The first-order valence-corrected chi connectivity index (χ1v) is 10.4. The van der Waals surface area contributed by atoms with Crippen molar-refractivity contribution in [2.45, 2.75) is 36.8 Å². The van der Waals surface area contributed by atoms with E-state index in [-0.39, 0.29) is 42.1 Å². The minimum atomic E-state index is -5.02. The first kappa shape index (κ1) is 23.1. The third-order valence-corrected chi connectivity index (χ3v) is 6.18. The Bertz CT molecular complexity index is 1080. The third-order valence-electron chi connectivity index (χ3n) is 4.78. The molecule has 2 aromatic rings. The van der Waals surface area contributed by atoms with Crippen molar-refractivity contribution in [2.24, 2.45) is 0 Å². The Labute approximate surface area is 173 Å². The molecule has 3 rings (SSSR count). The zero-order valence-corrected chi connectivity index (χ0v) is 16.5. The fourth-order valence-electron chi connectivity index (χ4n) is 3.13. The van der Waals surface area contributed by atoms with Crippen molar-refractivity contribution in [3.63, 3.8) is 0 Å². The van der Waals surface area contributed by atoms with Crippen molar-refractivity contribution in [2.75, 3.05) is 6.54 Å². The number of nitrogens with zero attached hydrogens (tertiary/aromatic N) is 1. The first-order valence-electron chi connectivity index (χ1n) is 8.91. The molecule has 1 aliphatic rings. The molecule has 1 aliphatic heterocycles. The average Bonchev–Trinajstić information content (AvgIpc) is 2.70. The Balaban J connectivity index is 1.73. The number of fused-ring (bicyclic) bond motifs is 1. The van der Waals surface area contributed by atoms with Gasteiger partial charge in [0.1, 0.15) is 0 Å². The topological polar surface area (TPSA) is 66.5 Å². The van der Waals surface area contributed by atoms with E-state index in [1.165, 1.54) is 18.2 Å². The summed E-state index contributed by atoms with van der Waals surface area (Å²) in [6.07, 6.45) is -9.39. The second-order valence-electron chi connectivity index (χ2n) is 6.92. The van der Waals surface area contributed by atoms with E-state index in [0.29, 0.717) is 10.5 Å². The van der Waals surface area contributed by atoms with Crippen LogP contribution in [0.5, 0.6) is 0 Å². The highest BCUT2D eigenvalue weighted by Crippen LogP contribution is 2.29. The molecule has 168 valence electrons. The summed E-state index contributed by atoms with van der Waals surface area (Å²) in [5, 5.41) is 0. The molecule has 0 saturated carbocycles. The highest BCUT2D eigenvalue weighted by molar-refractivity contribution is 7.89. The van der Waals surface area contributed by atoms with E-state index in [1.807, 2.05) is 0 Å². The molecule has 1 heterocycles. The van der Waals surface area contributed by atoms with E-state index in [4.69, 9.17) is 0 Å². The van der Waals surface area contributed by atoms with Gasteiger partial charge in [-0.1, -0.05) is 18.2 Å². The summed E-state index contributed by atoms with van der Waals surface area (Å²) in [7, 11) is -4.09. The maximum atomic E-state index is 12.7. The van der Waals surface area contributed by atoms with Gasteiger partial charge in [0.2, 0.25) is 10.0 Å². The molecule has 1 amide bonds. The summed E-state index contributed by atoms with van der Waals surface area (Å²) in [5.41, 5.74) is 0.331. The predicted molar refractivity (Wildman–Crippen MR) is 97.1 cm³/mol. The monoisotopic (exact) mass is 466 g/mol. The second-order valence-corrected chi connectivity index (χ2v) is 8.69.